The summed E-state index contributed by atoms with van der Waals surface area (Å²) in [5.74, 6) is 0.707. The van der Waals surface area contributed by atoms with Gasteiger partial charge in [0.05, 0.1) is 18.3 Å². The average molecular weight is 340 g/mol. The van der Waals surface area contributed by atoms with Crippen molar-refractivity contribution in [2.24, 2.45) is 0 Å². The van der Waals surface area contributed by atoms with Crippen molar-refractivity contribution in [1.29, 1.82) is 0 Å². The number of carbonyl (C=O) groups is 1. The smallest absolute Gasteiger partial charge is 0.412 e. The molecule has 7 nitrogen and oxygen atoms in total. The van der Waals surface area contributed by atoms with Crippen LogP contribution in [0, 0.1) is 0 Å². The van der Waals surface area contributed by atoms with E-state index in [4.69, 9.17) is 4.74 Å². The van der Waals surface area contributed by atoms with Gasteiger partial charge in [0.1, 0.15) is 11.3 Å². The summed E-state index contributed by atoms with van der Waals surface area (Å²) >= 11 is 0. The normalized spacial score (nSPS) is 11.5. The maximum absolute atomic E-state index is 11.7. The molecule has 1 heterocycles. The number of benzene rings is 2. The van der Waals surface area contributed by atoms with E-state index in [1.807, 2.05) is 45.0 Å². The van der Waals surface area contributed by atoms with Gasteiger partial charge in [-0.1, -0.05) is 11.3 Å². The summed E-state index contributed by atoms with van der Waals surface area (Å²) in [7, 11) is 1.60. The third kappa shape index (κ3) is 3.13. The maximum Gasteiger partial charge on any atom is 0.412 e. The van der Waals surface area contributed by atoms with Crippen molar-refractivity contribution in [3.63, 3.8) is 0 Å². The summed E-state index contributed by atoms with van der Waals surface area (Å²) in [6, 6.07) is 12.8. The van der Waals surface area contributed by atoms with E-state index in [0.717, 1.165) is 11.2 Å². The number of rotatable bonds is 3. The molecule has 0 aliphatic rings. The Kier molecular flexibility index (Phi) is 4.08. The zero-order valence-corrected chi connectivity index (χ0v) is 14.6. The Balaban J connectivity index is 2.09. The Hall–Kier alpha value is -3.09. The number of carboxylic acid groups (broad SMARTS) is 1. The molecule has 1 N–H and O–H groups in total. The minimum Gasteiger partial charge on any atom is -0.497 e. The molecule has 0 spiro atoms. The van der Waals surface area contributed by atoms with E-state index >= 15 is 0 Å². The second-order valence-electron chi connectivity index (χ2n) is 6.66. The number of amides is 1. The van der Waals surface area contributed by atoms with E-state index in [-0.39, 0.29) is 0 Å². The first-order chi connectivity index (χ1) is 11.8. The quantitative estimate of drug-likeness (QED) is 0.786. The lowest BCUT2D eigenvalue weighted by Crippen LogP contribution is -2.45. The van der Waals surface area contributed by atoms with Crippen molar-refractivity contribution in [3.05, 3.63) is 42.5 Å². The lowest BCUT2D eigenvalue weighted by atomic mass is 10.1. The van der Waals surface area contributed by atoms with Gasteiger partial charge in [-0.25, -0.2) is 9.48 Å². The van der Waals surface area contributed by atoms with Gasteiger partial charge in [-0.05, 0) is 51.1 Å². The molecule has 7 heteroatoms. The number of hydrogen-bond acceptors (Lipinski definition) is 4. The van der Waals surface area contributed by atoms with Crippen molar-refractivity contribution in [1.82, 2.24) is 15.0 Å². The van der Waals surface area contributed by atoms with Gasteiger partial charge in [0.15, 0.2) is 0 Å². The van der Waals surface area contributed by atoms with Gasteiger partial charge in [0, 0.05) is 17.3 Å². The van der Waals surface area contributed by atoms with Crippen LogP contribution < -0.4 is 9.64 Å². The van der Waals surface area contributed by atoms with Gasteiger partial charge < -0.3 is 9.84 Å². The molecule has 0 unspecified atom stereocenters. The summed E-state index contributed by atoms with van der Waals surface area (Å²) in [5, 5.41) is 17.9. The molecule has 2 aromatic carbocycles. The molecular weight excluding hydrogens is 320 g/mol. The van der Waals surface area contributed by atoms with E-state index in [0.29, 0.717) is 17.0 Å². The molecule has 0 atom stereocenters. The number of fused-ring (bicyclic) bond motifs is 1. The second-order valence-corrected chi connectivity index (χ2v) is 6.66. The Labute approximate surface area is 145 Å². The molecular formula is C18H20N4O3. The first-order valence-electron chi connectivity index (χ1n) is 7.84. The minimum absolute atomic E-state index is 0.567. The highest BCUT2D eigenvalue weighted by Crippen LogP contribution is 2.27. The first kappa shape index (κ1) is 16.8. The fourth-order valence-corrected chi connectivity index (χ4v) is 2.77. The zero-order chi connectivity index (χ0) is 18.2. The van der Waals surface area contributed by atoms with Crippen LogP contribution in [0.4, 0.5) is 10.5 Å². The van der Waals surface area contributed by atoms with Crippen LogP contribution in [0.25, 0.3) is 16.7 Å². The van der Waals surface area contributed by atoms with E-state index < -0.39 is 11.6 Å². The van der Waals surface area contributed by atoms with E-state index in [2.05, 4.69) is 10.3 Å². The predicted octanol–water partition coefficient (Wildman–Crippen LogP) is 3.71. The van der Waals surface area contributed by atoms with Crippen molar-refractivity contribution in [2.45, 2.75) is 26.3 Å². The highest BCUT2D eigenvalue weighted by atomic mass is 16.5. The Morgan fingerprint density at radius 1 is 1.20 bits per heavy atom. The molecule has 0 saturated heterocycles. The monoisotopic (exact) mass is 340 g/mol. The van der Waals surface area contributed by atoms with E-state index in [9.17, 15) is 9.90 Å². The predicted molar refractivity (Wildman–Crippen MR) is 95.7 cm³/mol. The Morgan fingerprint density at radius 2 is 1.96 bits per heavy atom. The third-order valence-electron chi connectivity index (χ3n) is 3.85. The van der Waals surface area contributed by atoms with Gasteiger partial charge in [-0.2, -0.15) is 0 Å². The number of aromatic nitrogens is 3. The summed E-state index contributed by atoms with van der Waals surface area (Å²) in [4.78, 5) is 13.0. The fraction of sp³-hybridized carbons (Fsp3) is 0.278. The SMILES string of the molecule is COc1ccc2c(c1)nnn2-c1cccc(N(C(=O)O)C(C)(C)C)c1. The molecule has 0 bridgehead atoms. The van der Waals surface area contributed by atoms with Crippen LogP contribution in [0.3, 0.4) is 0 Å². The average Bonchev–Trinajstić information content (AvgIpc) is 2.96. The van der Waals surface area contributed by atoms with Gasteiger partial charge >= 0.3 is 6.09 Å². The van der Waals surface area contributed by atoms with Gasteiger partial charge in [0.25, 0.3) is 0 Å². The van der Waals surface area contributed by atoms with Crippen LogP contribution in [0.15, 0.2) is 42.5 Å². The molecule has 0 fully saturated rings. The first-order valence-corrected chi connectivity index (χ1v) is 7.84. The second kappa shape index (κ2) is 6.08. The highest BCUT2D eigenvalue weighted by molar-refractivity contribution is 5.88. The molecule has 1 aromatic heterocycles. The molecule has 130 valence electrons. The molecule has 0 saturated carbocycles. The van der Waals surface area contributed by atoms with Crippen molar-refractivity contribution >= 4 is 22.8 Å². The molecule has 25 heavy (non-hydrogen) atoms. The fourth-order valence-electron chi connectivity index (χ4n) is 2.77. The standard InChI is InChI=1S/C18H20N4O3/c1-18(2,3)21(17(23)24)12-6-5-7-13(10-12)22-16-9-8-14(25-4)11-15(16)19-20-22/h5-11H,1-4H3,(H,23,24). The number of anilines is 1. The Morgan fingerprint density at radius 3 is 2.60 bits per heavy atom. The van der Waals surface area contributed by atoms with Crippen molar-refractivity contribution in [3.8, 4) is 11.4 Å². The summed E-state index contributed by atoms with van der Waals surface area (Å²) < 4.78 is 6.88. The Bertz CT molecular complexity index is 927. The molecule has 0 aliphatic carbocycles. The zero-order valence-electron chi connectivity index (χ0n) is 14.6. The van der Waals surface area contributed by atoms with Crippen LogP contribution in [0.2, 0.25) is 0 Å². The topological polar surface area (TPSA) is 80.5 Å². The van der Waals surface area contributed by atoms with Crippen molar-refractivity contribution in [2.75, 3.05) is 12.0 Å². The molecule has 1 amide bonds. The number of methoxy groups -OCH3 is 1. The number of ether oxygens (including phenoxy) is 1. The van der Waals surface area contributed by atoms with Gasteiger partial charge in [-0.3, -0.25) is 4.90 Å². The van der Waals surface area contributed by atoms with E-state index in [1.54, 1.807) is 30.0 Å². The highest BCUT2D eigenvalue weighted by Gasteiger charge is 2.28. The van der Waals surface area contributed by atoms with Crippen LogP contribution in [-0.4, -0.2) is 38.8 Å². The summed E-state index contributed by atoms with van der Waals surface area (Å²) in [6.07, 6.45) is -1.00. The van der Waals surface area contributed by atoms with E-state index in [1.165, 1.54) is 4.90 Å². The van der Waals surface area contributed by atoms with Crippen LogP contribution in [-0.2, 0) is 0 Å². The van der Waals surface area contributed by atoms with Crippen molar-refractivity contribution < 1.29 is 14.6 Å². The third-order valence-corrected chi connectivity index (χ3v) is 3.85. The largest absolute Gasteiger partial charge is 0.497 e. The molecule has 3 aromatic rings. The minimum atomic E-state index is -1.00. The number of nitrogens with zero attached hydrogens (tertiary/aromatic N) is 4. The molecule has 0 aliphatic heterocycles. The van der Waals surface area contributed by atoms with Gasteiger partial charge in [-0.15, -0.1) is 5.10 Å². The molecule has 0 radical (unpaired) electrons. The van der Waals surface area contributed by atoms with Crippen LogP contribution >= 0.6 is 0 Å². The maximum atomic E-state index is 11.7. The van der Waals surface area contributed by atoms with Gasteiger partial charge in [0.2, 0.25) is 0 Å². The van der Waals surface area contributed by atoms with Crippen LogP contribution in [0.1, 0.15) is 20.8 Å². The molecule has 3 rings (SSSR count). The summed E-state index contributed by atoms with van der Waals surface area (Å²) in [5.41, 5.74) is 2.27. The number of hydrogen-bond donors (Lipinski definition) is 1. The lowest BCUT2D eigenvalue weighted by Gasteiger charge is -2.33. The van der Waals surface area contributed by atoms with Crippen LogP contribution in [0.5, 0.6) is 5.75 Å². The summed E-state index contributed by atoms with van der Waals surface area (Å²) in [6.45, 7) is 5.56. The lowest BCUT2D eigenvalue weighted by molar-refractivity contribution is 0.195.